The van der Waals surface area contributed by atoms with Crippen LogP contribution in [0.15, 0.2) is 66.2 Å². The van der Waals surface area contributed by atoms with Crippen LogP contribution < -0.4 is 0 Å². The average molecular weight is 320 g/mol. The van der Waals surface area contributed by atoms with Crippen LogP contribution >= 0.6 is 11.8 Å². The molecule has 7 heteroatoms. The highest BCUT2D eigenvalue weighted by Gasteiger charge is 2.10. The Morgan fingerprint density at radius 3 is 2.74 bits per heavy atom. The van der Waals surface area contributed by atoms with Gasteiger partial charge in [-0.3, -0.25) is 9.97 Å². The lowest BCUT2D eigenvalue weighted by atomic mass is 10.2. The normalized spacial score (nSPS) is 11.0. The van der Waals surface area contributed by atoms with Crippen molar-refractivity contribution in [2.75, 3.05) is 0 Å². The van der Waals surface area contributed by atoms with Crippen LogP contribution in [0.5, 0.6) is 0 Å². The van der Waals surface area contributed by atoms with E-state index in [0.29, 0.717) is 0 Å². The van der Waals surface area contributed by atoms with E-state index in [1.54, 1.807) is 28.7 Å². The van der Waals surface area contributed by atoms with E-state index in [2.05, 4.69) is 25.3 Å². The van der Waals surface area contributed by atoms with Crippen molar-refractivity contribution < 1.29 is 0 Å². The molecule has 0 saturated carbocycles. The van der Waals surface area contributed by atoms with Crippen molar-refractivity contribution in [3.63, 3.8) is 0 Å². The molecule has 0 saturated heterocycles. The van der Waals surface area contributed by atoms with Gasteiger partial charge in [-0.05, 0) is 35.9 Å². The Hall–Kier alpha value is -2.80. The van der Waals surface area contributed by atoms with Crippen LogP contribution in [0.1, 0.15) is 5.56 Å². The predicted octanol–water partition coefficient (Wildman–Crippen LogP) is 2.87. The second-order valence-electron chi connectivity index (χ2n) is 4.84. The fourth-order valence-electron chi connectivity index (χ4n) is 2.14. The van der Waals surface area contributed by atoms with Crippen LogP contribution in [0.25, 0.3) is 17.0 Å². The van der Waals surface area contributed by atoms with Crippen molar-refractivity contribution in [2.45, 2.75) is 10.9 Å². The number of thioether (sulfide) groups is 1. The summed E-state index contributed by atoms with van der Waals surface area (Å²) in [4.78, 5) is 8.45. The molecule has 6 nitrogen and oxygen atoms in total. The Morgan fingerprint density at radius 1 is 0.913 bits per heavy atom. The lowest BCUT2D eigenvalue weighted by Crippen LogP contribution is -1.97. The Labute approximate surface area is 136 Å². The van der Waals surface area contributed by atoms with Crippen LogP contribution in [-0.4, -0.2) is 29.8 Å². The molecular weight excluding hydrogens is 308 g/mol. The van der Waals surface area contributed by atoms with Gasteiger partial charge in [0.25, 0.3) is 0 Å². The van der Waals surface area contributed by atoms with Crippen molar-refractivity contribution >= 4 is 17.4 Å². The van der Waals surface area contributed by atoms with Crippen molar-refractivity contribution in [3.8, 4) is 11.4 Å². The molecule has 0 atom stereocenters. The molecule has 4 aromatic heterocycles. The zero-order chi connectivity index (χ0) is 15.5. The minimum Gasteiger partial charge on any atom is -0.264 e. The summed E-state index contributed by atoms with van der Waals surface area (Å²) in [7, 11) is 0. The second kappa shape index (κ2) is 6.13. The number of fused-ring (bicyclic) bond motifs is 1. The first-order chi connectivity index (χ1) is 11.4. The molecule has 0 radical (unpaired) electrons. The van der Waals surface area contributed by atoms with E-state index in [-0.39, 0.29) is 0 Å². The molecule has 23 heavy (non-hydrogen) atoms. The Bertz CT molecular complexity index is 923. The largest absolute Gasteiger partial charge is 0.264 e. The third kappa shape index (κ3) is 2.91. The molecule has 0 amide bonds. The van der Waals surface area contributed by atoms with Gasteiger partial charge in [-0.1, -0.05) is 23.9 Å². The molecule has 4 aromatic rings. The molecule has 0 aliphatic rings. The number of hydrogen-bond acceptors (Lipinski definition) is 6. The maximum Gasteiger partial charge on any atom is 0.212 e. The van der Waals surface area contributed by atoms with Gasteiger partial charge in [-0.25, -0.2) is 0 Å². The monoisotopic (exact) mass is 320 g/mol. The van der Waals surface area contributed by atoms with Crippen molar-refractivity contribution in [1.29, 1.82) is 0 Å². The first-order valence-electron chi connectivity index (χ1n) is 7.06. The zero-order valence-corrected chi connectivity index (χ0v) is 12.9. The Morgan fingerprint density at radius 2 is 1.91 bits per heavy atom. The van der Waals surface area contributed by atoms with Gasteiger partial charge >= 0.3 is 0 Å². The van der Waals surface area contributed by atoms with Crippen LogP contribution in [0.3, 0.4) is 0 Å². The van der Waals surface area contributed by atoms with E-state index in [9.17, 15) is 0 Å². The quantitative estimate of drug-likeness (QED) is 0.539. The summed E-state index contributed by atoms with van der Waals surface area (Å²) in [5.41, 5.74) is 3.47. The van der Waals surface area contributed by atoms with E-state index in [1.165, 1.54) is 0 Å². The van der Waals surface area contributed by atoms with Crippen molar-refractivity contribution in [1.82, 2.24) is 29.8 Å². The van der Waals surface area contributed by atoms with Gasteiger partial charge in [0.2, 0.25) is 5.16 Å². The van der Waals surface area contributed by atoms with Gasteiger partial charge in [0.15, 0.2) is 5.65 Å². The first-order valence-corrected chi connectivity index (χ1v) is 8.04. The third-order valence-electron chi connectivity index (χ3n) is 3.25. The summed E-state index contributed by atoms with van der Waals surface area (Å²) in [5, 5.41) is 13.7. The van der Waals surface area contributed by atoms with E-state index in [4.69, 9.17) is 0 Å². The van der Waals surface area contributed by atoms with Gasteiger partial charge in [0, 0.05) is 24.3 Å². The highest BCUT2D eigenvalue weighted by molar-refractivity contribution is 7.98. The lowest BCUT2D eigenvalue weighted by Gasteiger charge is -2.02. The summed E-state index contributed by atoms with van der Waals surface area (Å²) < 4.78 is 1.76. The molecule has 0 bridgehead atoms. The molecule has 0 unspecified atom stereocenters. The molecule has 4 rings (SSSR count). The standard InChI is InChI=1S/C16H12N6S/c1-2-9-18-13(5-1)14-6-7-15-19-20-16(22(15)21-14)23-11-12-4-3-8-17-10-12/h1-10H,11H2. The molecule has 0 spiro atoms. The Kier molecular flexibility index (Phi) is 3.69. The van der Waals surface area contributed by atoms with E-state index >= 15 is 0 Å². The minimum absolute atomic E-state index is 0.721. The van der Waals surface area contributed by atoms with Gasteiger partial charge in [-0.15, -0.1) is 10.2 Å². The second-order valence-corrected chi connectivity index (χ2v) is 5.78. The average Bonchev–Trinajstić information content (AvgIpc) is 3.04. The molecule has 4 heterocycles. The van der Waals surface area contributed by atoms with Crippen molar-refractivity contribution in [3.05, 3.63) is 66.6 Å². The predicted molar refractivity (Wildman–Crippen MR) is 87.8 cm³/mol. The number of aromatic nitrogens is 6. The van der Waals surface area contributed by atoms with E-state index < -0.39 is 0 Å². The summed E-state index contributed by atoms with van der Waals surface area (Å²) in [5.74, 6) is 0.768. The molecule has 0 aromatic carbocycles. The van der Waals surface area contributed by atoms with Crippen molar-refractivity contribution in [2.24, 2.45) is 0 Å². The van der Waals surface area contributed by atoms with Crippen LogP contribution in [-0.2, 0) is 5.75 Å². The third-order valence-corrected chi connectivity index (χ3v) is 4.24. The number of rotatable bonds is 4. The number of nitrogens with zero attached hydrogens (tertiary/aromatic N) is 6. The maximum absolute atomic E-state index is 4.61. The fraction of sp³-hybridized carbons (Fsp3) is 0.0625. The smallest absolute Gasteiger partial charge is 0.212 e. The van der Waals surface area contributed by atoms with Gasteiger partial charge in [0.05, 0.1) is 5.69 Å². The summed E-state index contributed by atoms with van der Waals surface area (Å²) >= 11 is 1.58. The molecule has 112 valence electrons. The summed E-state index contributed by atoms with van der Waals surface area (Å²) in [6.07, 6.45) is 5.37. The molecule has 0 N–H and O–H groups in total. The molecule has 0 aliphatic heterocycles. The van der Waals surface area contributed by atoms with Crippen LogP contribution in [0.2, 0.25) is 0 Å². The summed E-state index contributed by atoms with van der Waals surface area (Å²) in [6, 6.07) is 13.5. The topological polar surface area (TPSA) is 68.9 Å². The SMILES string of the molecule is c1ccc(-c2ccc3nnc(SCc4cccnc4)n3n2)nc1. The van der Waals surface area contributed by atoms with Gasteiger partial charge < -0.3 is 0 Å². The van der Waals surface area contributed by atoms with Gasteiger partial charge in [-0.2, -0.15) is 9.61 Å². The highest BCUT2D eigenvalue weighted by atomic mass is 32.2. The molecule has 0 aliphatic carbocycles. The first kappa shape index (κ1) is 13.8. The molecule has 0 fully saturated rings. The maximum atomic E-state index is 4.61. The van der Waals surface area contributed by atoms with E-state index in [1.807, 2.05) is 48.7 Å². The lowest BCUT2D eigenvalue weighted by molar-refractivity contribution is 0.811. The summed E-state index contributed by atoms with van der Waals surface area (Å²) in [6.45, 7) is 0. The highest BCUT2D eigenvalue weighted by Crippen LogP contribution is 2.22. The van der Waals surface area contributed by atoms with Gasteiger partial charge in [0.1, 0.15) is 5.69 Å². The number of pyridine rings is 2. The number of hydrogen-bond donors (Lipinski definition) is 0. The molecular formula is C16H12N6S. The zero-order valence-electron chi connectivity index (χ0n) is 12.1. The van der Waals surface area contributed by atoms with Crippen LogP contribution in [0.4, 0.5) is 0 Å². The minimum atomic E-state index is 0.721. The Balaban J connectivity index is 1.65. The van der Waals surface area contributed by atoms with Crippen LogP contribution in [0, 0.1) is 0 Å². The fourth-order valence-corrected chi connectivity index (χ4v) is 2.96. The van der Waals surface area contributed by atoms with E-state index in [0.717, 1.165) is 33.5 Å².